The smallest absolute Gasteiger partial charge is 0.249 e. The lowest BCUT2D eigenvalue weighted by atomic mass is 9.94. The molecule has 2 saturated carbocycles. The van der Waals surface area contributed by atoms with Crippen LogP contribution < -0.4 is 24.4 Å². The van der Waals surface area contributed by atoms with E-state index in [4.69, 9.17) is 9.47 Å². The number of ether oxygens (including phenoxy) is 2. The summed E-state index contributed by atoms with van der Waals surface area (Å²) in [6.07, 6.45) is 9.55. The number of anilines is 1. The van der Waals surface area contributed by atoms with Crippen molar-refractivity contribution >= 4 is 38.6 Å². The van der Waals surface area contributed by atoms with E-state index >= 15 is 0 Å². The second-order valence-electron chi connectivity index (χ2n) is 12.8. The summed E-state index contributed by atoms with van der Waals surface area (Å²) < 4.78 is 42.1. The van der Waals surface area contributed by atoms with Gasteiger partial charge in [0.05, 0.1) is 24.6 Å². The largest absolute Gasteiger partial charge is 0.493 e. The van der Waals surface area contributed by atoms with Crippen molar-refractivity contribution in [3.05, 3.63) is 72.3 Å². The van der Waals surface area contributed by atoms with Gasteiger partial charge >= 0.3 is 0 Å². The molecule has 1 heterocycles. The standard InChI is InChI=1S/C36H44N6O6S/c1-47-32-22-17-25(23-33(32)48-2)35(36(44)37-26-11-5-3-6-12-26)42(34(43)24-41-31-16-10-9-15-30(31)38-40-41)28-18-20-29(21-19-28)49(45,46)39-27-13-7-4-8-14-27/h9-10,15-23,26-27,35,39H,3-8,11-14,24H2,1-2H3,(H,37,44)/t35-/m1/s1. The zero-order valence-electron chi connectivity index (χ0n) is 28.0. The Hall–Kier alpha value is -4.49. The zero-order valence-corrected chi connectivity index (χ0v) is 28.8. The molecule has 49 heavy (non-hydrogen) atoms. The van der Waals surface area contributed by atoms with E-state index < -0.39 is 22.0 Å². The molecular formula is C36H44N6O6S. The molecule has 12 nitrogen and oxygen atoms in total. The van der Waals surface area contributed by atoms with Crippen molar-refractivity contribution < 1.29 is 27.5 Å². The van der Waals surface area contributed by atoms with Gasteiger partial charge in [0.25, 0.3) is 0 Å². The van der Waals surface area contributed by atoms with E-state index in [1.165, 1.54) is 35.9 Å². The van der Waals surface area contributed by atoms with Gasteiger partial charge in [0.15, 0.2) is 11.5 Å². The number of para-hydroxylation sites is 1. The summed E-state index contributed by atoms with van der Waals surface area (Å²) in [5.41, 5.74) is 2.15. The summed E-state index contributed by atoms with van der Waals surface area (Å²) in [6.45, 7) is -0.218. The fraction of sp³-hybridized carbons (Fsp3) is 0.444. The number of fused-ring (bicyclic) bond motifs is 1. The molecule has 3 aromatic carbocycles. The molecule has 260 valence electrons. The van der Waals surface area contributed by atoms with Crippen LogP contribution in [0.2, 0.25) is 0 Å². The molecule has 1 atom stereocenters. The van der Waals surface area contributed by atoms with Gasteiger partial charge in [-0.25, -0.2) is 17.8 Å². The van der Waals surface area contributed by atoms with E-state index in [-0.39, 0.29) is 29.4 Å². The number of hydrogen-bond acceptors (Lipinski definition) is 8. The van der Waals surface area contributed by atoms with Crippen molar-refractivity contribution in [2.75, 3.05) is 19.1 Å². The molecule has 13 heteroatoms. The Kier molecular flexibility index (Phi) is 10.8. The number of rotatable bonds is 12. The van der Waals surface area contributed by atoms with Crippen LogP contribution in [-0.2, 0) is 26.2 Å². The van der Waals surface area contributed by atoms with Crippen LogP contribution in [0.4, 0.5) is 5.69 Å². The predicted octanol–water partition coefficient (Wildman–Crippen LogP) is 5.28. The molecule has 2 amide bonds. The maximum atomic E-state index is 14.6. The first-order valence-electron chi connectivity index (χ1n) is 17.0. The minimum atomic E-state index is -3.80. The van der Waals surface area contributed by atoms with Crippen LogP contribution in [0.5, 0.6) is 11.5 Å². The molecule has 1 aromatic heterocycles. The lowest BCUT2D eigenvalue weighted by molar-refractivity contribution is -0.127. The second kappa shape index (κ2) is 15.4. The molecule has 0 spiro atoms. The highest BCUT2D eigenvalue weighted by Crippen LogP contribution is 2.36. The first-order valence-corrected chi connectivity index (χ1v) is 18.5. The van der Waals surface area contributed by atoms with Gasteiger partial charge in [-0.1, -0.05) is 61.9 Å². The Morgan fingerprint density at radius 2 is 1.51 bits per heavy atom. The highest BCUT2D eigenvalue weighted by Gasteiger charge is 2.35. The summed E-state index contributed by atoms with van der Waals surface area (Å²) in [4.78, 5) is 30.5. The van der Waals surface area contributed by atoms with E-state index in [1.807, 2.05) is 24.3 Å². The Labute approximate surface area is 287 Å². The highest BCUT2D eigenvalue weighted by molar-refractivity contribution is 7.89. The van der Waals surface area contributed by atoms with Crippen LogP contribution in [0, 0.1) is 0 Å². The lowest BCUT2D eigenvalue weighted by Gasteiger charge is -2.34. The van der Waals surface area contributed by atoms with E-state index in [2.05, 4.69) is 20.4 Å². The van der Waals surface area contributed by atoms with Crippen LogP contribution in [0.25, 0.3) is 11.0 Å². The van der Waals surface area contributed by atoms with E-state index in [0.29, 0.717) is 33.8 Å². The van der Waals surface area contributed by atoms with E-state index in [9.17, 15) is 18.0 Å². The van der Waals surface area contributed by atoms with Gasteiger partial charge in [0.1, 0.15) is 18.1 Å². The third-order valence-corrected chi connectivity index (χ3v) is 11.0. The number of nitrogens with one attached hydrogen (secondary N) is 2. The maximum absolute atomic E-state index is 14.6. The normalized spacial score (nSPS) is 16.6. The molecule has 0 bridgehead atoms. The third kappa shape index (κ3) is 7.88. The van der Waals surface area contributed by atoms with Gasteiger partial charge < -0.3 is 14.8 Å². The first-order chi connectivity index (χ1) is 23.8. The van der Waals surface area contributed by atoms with Crippen molar-refractivity contribution in [1.29, 1.82) is 0 Å². The maximum Gasteiger partial charge on any atom is 0.249 e. The quantitative estimate of drug-likeness (QED) is 0.205. The summed E-state index contributed by atoms with van der Waals surface area (Å²) >= 11 is 0. The Balaban J connectivity index is 1.41. The molecule has 0 saturated heterocycles. The number of nitrogens with zero attached hydrogens (tertiary/aromatic N) is 4. The van der Waals surface area contributed by atoms with Crippen LogP contribution >= 0.6 is 0 Å². The van der Waals surface area contributed by atoms with Gasteiger partial charge in [-0.2, -0.15) is 0 Å². The van der Waals surface area contributed by atoms with Crippen LogP contribution in [-0.4, -0.2) is 61.5 Å². The molecular weight excluding hydrogens is 644 g/mol. The number of sulfonamides is 1. The lowest BCUT2D eigenvalue weighted by Crippen LogP contribution is -2.48. The molecule has 0 radical (unpaired) electrons. The summed E-state index contributed by atoms with van der Waals surface area (Å²) in [6, 6.07) is 17.3. The van der Waals surface area contributed by atoms with E-state index in [0.717, 1.165) is 64.2 Å². The van der Waals surface area contributed by atoms with Crippen LogP contribution in [0.3, 0.4) is 0 Å². The molecule has 0 unspecified atom stereocenters. The summed E-state index contributed by atoms with van der Waals surface area (Å²) in [5.74, 6) is 0.0850. The highest BCUT2D eigenvalue weighted by atomic mass is 32.2. The summed E-state index contributed by atoms with van der Waals surface area (Å²) in [7, 11) is -0.757. The molecule has 4 aromatic rings. The molecule has 0 aliphatic heterocycles. The second-order valence-corrected chi connectivity index (χ2v) is 14.5. The molecule has 2 N–H and O–H groups in total. The zero-order chi connectivity index (χ0) is 34.4. The Bertz CT molecular complexity index is 1870. The van der Waals surface area contributed by atoms with Gasteiger partial charge in [0, 0.05) is 17.8 Å². The molecule has 2 fully saturated rings. The number of amides is 2. The first kappa shape index (κ1) is 34.4. The Morgan fingerprint density at radius 1 is 0.857 bits per heavy atom. The van der Waals surface area contributed by atoms with Gasteiger partial charge in [0.2, 0.25) is 21.8 Å². The average Bonchev–Trinajstić information content (AvgIpc) is 3.53. The third-order valence-electron chi connectivity index (χ3n) is 9.51. The minimum absolute atomic E-state index is 0.0292. The molecule has 6 rings (SSSR count). The van der Waals surface area contributed by atoms with Gasteiger partial charge in [-0.05, 0) is 79.8 Å². The van der Waals surface area contributed by atoms with Gasteiger partial charge in [-0.3, -0.25) is 14.5 Å². The fourth-order valence-corrected chi connectivity index (χ4v) is 8.24. The topological polar surface area (TPSA) is 145 Å². The monoisotopic (exact) mass is 688 g/mol. The molecule has 2 aliphatic carbocycles. The SMILES string of the molecule is COc1ccc([C@H](C(=O)NC2CCCCC2)N(C(=O)Cn2nnc3ccccc32)c2ccc(S(=O)(=O)NC3CCCCC3)cc2)cc1OC. The van der Waals surface area contributed by atoms with Crippen LogP contribution in [0.1, 0.15) is 75.8 Å². The van der Waals surface area contributed by atoms with Crippen molar-refractivity contribution in [3.8, 4) is 11.5 Å². The average molecular weight is 689 g/mol. The van der Waals surface area contributed by atoms with Crippen molar-refractivity contribution in [2.24, 2.45) is 0 Å². The summed E-state index contributed by atoms with van der Waals surface area (Å²) in [5, 5.41) is 11.6. The van der Waals surface area contributed by atoms with Crippen molar-refractivity contribution in [2.45, 2.75) is 93.8 Å². The predicted molar refractivity (Wildman–Crippen MR) is 186 cm³/mol. The number of aromatic nitrogens is 3. The molecule has 2 aliphatic rings. The van der Waals surface area contributed by atoms with Crippen LogP contribution in [0.15, 0.2) is 71.6 Å². The van der Waals surface area contributed by atoms with Crippen molar-refractivity contribution in [1.82, 2.24) is 25.0 Å². The number of hydrogen-bond donors (Lipinski definition) is 2. The Morgan fingerprint density at radius 3 is 2.18 bits per heavy atom. The minimum Gasteiger partial charge on any atom is -0.493 e. The number of carbonyl (C=O) groups is 2. The van der Waals surface area contributed by atoms with Crippen molar-refractivity contribution in [3.63, 3.8) is 0 Å². The van der Waals surface area contributed by atoms with Gasteiger partial charge in [-0.15, -0.1) is 5.10 Å². The number of methoxy groups -OCH3 is 2. The fourth-order valence-electron chi connectivity index (χ4n) is 6.94. The number of carbonyl (C=O) groups excluding carboxylic acids is 2. The number of benzene rings is 3. The van der Waals surface area contributed by atoms with E-state index in [1.54, 1.807) is 30.3 Å².